The molecule has 1 aromatic carbocycles. The van der Waals surface area contributed by atoms with E-state index in [0.29, 0.717) is 12.0 Å². The van der Waals surface area contributed by atoms with Gasteiger partial charge in [-0.3, -0.25) is 0 Å². The van der Waals surface area contributed by atoms with Gasteiger partial charge in [0.1, 0.15) is 18.3 Å². The van der Waals surface area contributed by atoms with Crippen LogP contribution in [0.15, 0.2) is 71.9 Å². The second-order valence-electron chi connectivity index (χ2n) is 7.70. The Bertz CT molecular complexity index is 984. The van der Waals surface area contributed by atoms with Crippen molar-refractivity contribution in [1.29, 1.82) is 0 Å². The van der Waals surface area contributed by atoms with E-state index in [1.165, 1.54) is 6.08 Å². The monoisotopic (exact) mass is 406 g/mol. The number of benzene rings is 1. The number of fused-ring (bicyclic) bond motifs is 2. The van der Waals surface area contributed by atoms with Crippen molar-refractivity contribution in [1.82, 2.24) is 0 Å². The summed E-state index contributed by atoms with van der Waals surface area (Å²) in [4.78, 5) is 36.9. The molecule has 2 bridgehead atoms. The minimum absolute atomic E-state index is 0.200. The molecule has 4 atom stereocenters. The molecule has 2 heterocycles. The molecule has 1 aliphatic carbocycles. The minimum Gasteiger partial charge on any atom is -0.458 e. The summed E-state index contributed by atoms with van der Waals surface area (Å²) in [6.07, 6.45) is 5.52. The largest absolute Gasteiger partial charge is 0.458 e. The molecule has 2 unspecified atom stereocenters. The number of carbonyl (C=O) groups is 3. The van der Waals surface area contributed by atoms with E-state index < -0.39 is 36.0 Å². The van der Waals surface area contributed by atoms with Gasteiger partial charge in [-0.05, 0) is 30.7 Å². The molecule has 3 aliphatic rings. The van der Waals surface area contributed by atoms with Crippen LogP contribution in [0.1, 0.15) is 25.3 Å². The molecule has 6 nitrogen and oxygen atoms in total. The highest BCUT2D eigenvalue weighted by atomic mass is 16.6. The summed E-state index contributed by atoms with van der Waals surface area (Å²) in [6, 6.07) is 9.39. The summed E-state index contributed by atoms with van der Waals surface area (Å²) in [5, 5.41) is 0. The zero-order valence-corrected chi connectivity index (χ0v) is 16.6. The van der Waals surface area contributed by atoms with Gasteiger partial charge in [-0.1, -0.05) is 42.5 Å². The second-order valence-corrected chi connectivity index (χ2v) is 7.70. The standard InChI is InChI=1S/C24H22O6/c1-14-10-18-12-17(24(27)28-18)13-20-22(15(2)23(26)30-20)19(11-14)29-21(25)9-8-16-6-4-3-5-7-16/h3-9,11-12,18-20,22H,2,10,13H2,1H3/b9-8+,14-11+/t18-,19?,20?,22+/m1/s1. The van der Waals surface area contributed by atoms with Crippen molar-refractivity contribution in [3.05, 3.63) is 77.4 Å². The van der Waals surface area contributed by atoms with Crippen molar-refractivity contribution in [3.8, 4) is 0 Å². The highest BCUT2D eigenvalue weighted by Crippen LogP contribution is 2.38. The molecular formula is C24H22O6. The number of rotatable bonds is 3. The number of carbonyl (C=O) groups excluding carboxylic acids is 3. The molecule has 0 N–H and O–H groups in total. The van der Waals surface area contributed by atoms with Gasteiger partial charge < -0.3 is 14.2 Å². The van der Waals surface area contributed by atoms with E-state index in [-0.39, 0.29) is 18.1 Å². The first kappa shape index (κ1) is 19.9. The molecule has 154 valence electrons. The number of hydrogen-bond donors (Lipinski definition) is 0. The summed E-state index contributed by atoms with van der Waals surface area (Å²) < 4.78 is 16.6. The van der Waals surface area contributed by atoms with Gasteiger partial charge in [0.25, 0.3) is 0 Å². The van der Waals surface area contributed by atoms with E-state index in [4.69, 9.17) is 14.2 Å². The summed E-state index contributed by atoms with van der Waals surface area (Å²) in [5.41, 5.74) is 2.45. The average molecular weight is 406 g/mol. The highest BCUT2D eigenvalue weighted by Gasteiger charge is 2.46. The normalized spacial score (nSPS) is 30.1. The number of hydrogen-bond acceptors (Lipinski definition) is 6. The Labute approximate surface area is 174 Å². The van der Waals surface area contributed by atoms with Gasteiger partial charge in [-0.2, -0.15) is 0 Å². The van der Waals surface area contributed by atoms with E-state index in [2.05, 4.69) is 6.58 Å². The predicted octanol–water partition coefficient (Wildman–Crippen LogP) is 3.30. The quantitative estimate of drug-likeness (QED) is 0.332. The molecule has 1 fully saturated rings. The fraction of sp³-hybridized carbons (Fsp3) is 0.292. The van der Waals surface area contributed by atoms with Gasteiger partial charge in [0.05, 0.1) is 5.92 Å². The summed E-state index contributed by atoms with van der Waals surface area (Å²) in [5.74, 6) is -2.06. The van der Waals surface area contributed by atoms with Crippen LogP contribution < -0.4 is 0 Å². The van der Waals surface area contributed by atoms with E-state index in [1.807, 2.05) is 37.3 Å². The lowest BCUT2D eigenvalue weighted by atomic mass is 9.85. The lowest BCUT2D eigenvalue weighted by Gasteiger charge is -2.25. The van der Waals surface area contributed by atoms with E-state index in [9.17, 15) is 14.4 Å². The fourth-order valence-corrected chi connectivity index (χ4v) is 4.01. The SMILES string of the molecule is C=C1C(=O)OC2CC3=C[C@@H](C/C(C)=C/C(OC(=O)/C=C/c4ccccc4)[C@H]12)OC3=O. The van der Waals surface area contributed by atoms with Crippen molar-refractivity contribution in [2.45, 2.75) is 38.1 Å². The van der Waals surface area contributed by atoms with Crippen molar-refractivity contribution in [2.75, 3.05) is 0 Å². The highest BCUT2D eigenvalue weighted by molar-refractivity contribution is 5.93. The lowest BCUT2D eigenvalue weighted by Crippen LogP contribution is -2.32. The fourth-order valence-electron chi connectivity index (χ4n) is 4.01. The van der Waals surface area contributed by atoms with Crippen LogP contribution in [0, 0.1) is 5.92 Å². The van der Waals surface area contributed by atoms with Crippen LogP contribution in [0.2, 0.25) is 0 Å². The molecule has 0 aromatic heterocycles. The maximum absolute atomic E-state index is 12.5. The molecule has 6 heteroatoms. The Morgan fingerprint density at radius 1 is 1.10 bits per heavy atom. The van der Waals surface area contributed by atoms with Crippen LogP contribution in [-0.4, -0.2) is 36.2 Å². The zero-order chi connectivity index (χ0) is 21.3. The predicted molar refractivity (Wildman–Crippen MR) is 109 cm³/mol. The van der Waals surface area contributed by atoms with Gasteiger partial charge in [-0.25, -0.2) is 14.4 Å². The maximum Gasteiger partial charge on any atom is 0.334 e. The molecule has 0 amide bonds. The summed E-state index contributed by atoms with van der Waals surface area (Å²) in [6.45, 7) is 5.73. The Hall–Kier alpha value is -3.41. The topological polar surface area (TPSA) is 78.9 Å². The van der Waals surface area contributed by atoms with Crippen LogP contribution in [0.3, 0.4) is 0 Å². The van der Waals surface area contributed by atoms with Gasteiger partial charge in [-0.15, -0.1) is 0 Å². The van der Waals surface area contributed by atoms with Crippen LogP contribution in [0.4, 0.5) is 0 Å². The van der Waals surface area contributed by atoms with Crippen LogP contribution in [-0.2, 0) is 28.6 Å². The number of esters is 3. The maximum atomic E-state index is 12.5. The first-order valence-corrected chi connectivity index (χ1v) is 9.83. The van der Waals surface area contributed by atoms with Crippen LogP contribution in [0.25, 0.3) is 6.08 Å². The third-order valence-electron chi connectivity index (χ3n) is 5.44. The third kappa shape index (κ3) is 4.13. The molecule has 0 radical (unpaired) electrons. The van der Waals surface area contributed by atoms with Crippen LogP contribution in [0.5, 0.6) is 0 Å². The lowest BCUT2D eigenvalue weighted by molar-refractivity contribution is -0.145. The van der Waals surface area contributed by atoms with E-state index in [1.54, 1.807) is 18.2 Å². The summed E-state index contributed by atoms with van der Waals surface area (Å²) in [7, 11) is 0. The van der Waals surface area contributed by atoms with Crippen LogP contribution >= 0.6 is 0 Å². The minimum atomic E-state index is -0.741. The Balaban J connectivity index is 1.60. The molecule has 1 saturated heterocycles. The first-order valence-electron chi connectivity index (χ1n) is 9.83. The molecule has 30 heavy (non-hydrogen) atoms. The van der Waals surface area contributed by atoms with Gasteiger partial charge in [0, 0.05) is 30.1 Å². The number of ether oxygens (including phenoxy) is 3. The van der Waals surface area contributed by atoms with Crippen molar-refractivity contribution < 1.29 is 28.6 Å². The van der Waals surface area contributed by atoms with Crippen molar-refractivity contribution >= 4 is 24.0 Å². The smallest absolute Gasteiger partial charge is 0.334 e. The van der Waals surface area contributed by atoms with E-state index in [0.717, 1.165) is 11.1 Å². The molecular weight excluding hydrogens is 384 g/mol. The van der Waals surface area contributed by atoms with Gasteiger partial charge in [0.2, 0.25) is 0 Å². The third-order valence-corrected chi connectivity index (χ3v) is 5.44. The second kappa shape index (κ2) is 8.14. The van der Waals surface area contributed by atoms with E-state index >= 15 is 0 Å². The van der Waals surface area contributed by atoms with Crippen molar-refractivity contribution in [2.24, 2.45) is 5.92 Å². The Morgan fingerprint density at radius 2 is 1.87 bits per heavy atom. The van der Waals surface area contributed by atoms with Gasteiger partial charge >= 0.3 is 17.9 Å². The van der Waals surface area contributed by atoms with Gasteiger partial charge in [0.15, 0.2) is 0 Å². The Morgan fingerprint density at radius 3 is 2.63 bits per heavy atom. The average Bonchev–Trinajstić information content (AvgIpc) is 3.18. The first-order chi connectivity index (χ1) is 14.4. The Kier molecular flexibility index (Phi) is 5.40. The zero-order valence-electron chi connectivity index (χ0n) is 16.6. The molecule has 1 aromatic rings. The molecule has 0 spiro atoms. The molecule has 2 aliphatic heterocycles. The summed E-state index contributed by atoms with van der Waals surface area (Å²) >= 11 is 0. The molecule has 0 saturated carbocycles. The molecule has 4 rings (SSSR count). The van der Waals surface area contributed by atoms with Crippen molar-refractivity contribution in [3.63, 3.8) is 0 Å².